The Bertz CT molecular complexity index is 436. The molecule has 1 N–H and O–H groups in total. The summed E-state index contributed by atoms with van der Waals surface area (Å²) in [5.74, 6) is 0. The normalized spacial score (nSPS) is 16.2. The van der Waals surface area contributed by atoms with Gasteiger partial charge in [-0.1, -0.05) is 6.92 Å². The van der Waals surface area contributed by atoms with Crippen molar-refractivity contribution in [2.45, 2.75) is 52.2 Å². The lowest BCUT2D eigenvalue weighted by molar-refractivity contribution is 0.0950. The zero-order valence-corrected chi connectivity index (χ0v) is 13.2. The number of nitrogens with one attached hydrogen (secondary N) is 1. The Balaban J connectivity index is 1.69. The SMILES string of the molecule is CCCn1ccc(CNC2CCN(C(=O)OCC)CC2)c1. The van der Waals surface area contributed by atoms with E-state index < -0.39 is 0 Å². The molecule has 0 bridgehead atoms. The molecule has 0 aromatic carbocycles. The molecule has 0 saturated carbocycles. The average Bonchev–Trinajstić information content (AvgIpc) is 2.94. The van der Waals surface area contributed by atoms with Crippen LogP contribution >= 0.6 is 0 Å². The molecule has 0 atom stereocenters. The molecule has 1 saturated heterocycles. The van der Waals surface area contributed by atoms with Crippen molar-refractivity contribution < 1.29 is 9.53 Å². The van der Waals surface area contributed by atoms with Crippen molar-refractivity contribution in [2.75, 3.05) is 19.7 Å². The number of nitrogens with zero attached hydrogens (tertiary/aromatic N) is 2. The quantitative estimate of drug-likeness (QED) is 0.877. The summed E-state index contributed by atoms with van der Waals surface area (Å²) >= 11 is 0. The molecule has 1 aliphatic rings. The molecule has 5 heteroatoms. The number of aromatic nitrogens is 1. The van der Waals surface area contributed by atoms with Gasteiger partial charge in [0.1, 0.15) is 0 Å². The van der Waals surface area contributed by atoms with Crippen LogP contribution in [-0.4, -0.2) is 41.3 Å². The lowest BCUT2D eigenvalue weighted by Gasteiger charge is -2.31. The molecule has 1 aliphatic heterocycles. The lowest BCUT2D eigenvalue weighted by Crippen LogP contribution is -2.44. The van der Waals surface area contributed by atoms with Crippen LogP contribution in [0.2, 0.25) is 0 Å². The number of piperidine rings is 1. The summed E-state index contributed by atoms with van der Waals surface area (Å²) in [6.07, 6.45) is 7.33. The van der Waals surface area contributed by atoms with E-state index >= 15 is 0 Å². The number of likely N-dealkylation sites (tertiary alicyclic amines) is 1. The summed E-state index contributed by atoms with van der Waals surface area (Å²) in [6.45, 7) is 8.04. The number of aryl methyl sites for hydroxylation is 1. The van der Waals surface area contributed by atoms with Crippen LogP contribution < -0.4 is 5.32 Å². The highest BCUT2D eigenvalue weighted by Gasteiger charge is 2.23. The van der Waals surface area contributed by atoms with E-state index in [9.17, 15) is 4.79 Å². The number of rotatable bonds is 6. The van der Waals surface area contributed by atoms with Crippen molar-refractivity contribution in [2.24, 2.45) is 0 Å². The Morgan fingerprint density at radius 2 is 2.14 bits per heavy atom. The van der Waals surface area contributed by atoms with Crippen LogP contribution in [0, 0.1) is 0 Å². The number of ether oxygens (including phenoxy) is 1. The second-order valence-corrected chi connectivity index (χ2v) is 5.60. The van der Waals surface area contributed by atoms with Gasteiger partial charge >= 0.3 is 6.09 Å². The number of hydrogen-bond acceptors (Lipinski definition) is 3. The summed E-state index contributed by atoms with van der Waals surface area (Å²) in [6, 6.07) is 2.67. The first kappa shape index (κ1) is 15.9. The van der Waals surface area contributed by atoms with Crippen LogP contribution in [0.4, 0.5) is 4.79 Å². The molecule has 1 aromatic rings. The maximum Gasteiger partial charge on any atom is 0.409 e. The van der Waals surface area contributed by atoms with Crippen molar-refractivity contribution in [3.63, 3.8) is 0 Å². The van der Waals surface area contributed by atoms with E-state index in [2.05, 4.69) is 35.3 Å². The van der Waals surface area contributed by atoms with Gasteiger partial charge in [0.05, 0.1) is 6.61 Å². The minimum Gasteiger partial charge on any atom is -0.450 e. The molecule has 0 aliphatic carbocycles. The molecule has 5 nitrogen and oxygen atoms in total. The third-order valence-electron chi connectivity index (χ3n) is 3.91. The van der Waals surface area contributed by atoms with E-state index in [1.165, 1.54) is 5.56 Å². The number of amides is 1. The minimum absolute atomic E-state index is 0.174. The van der Waals surface area contributed by atoms with E-state index in [0.717, 1.165) is 45.4 Å². The predicted octanol–water partition coefficient (Wildman–Crippen LogP) is 2.61. The van der Waals surface area contributed by atoms with E-state index in [4.69, 9.17) is 4.74 Å². The van der Waals surface area contributed by atoms with Crippen LogP contribution in [-0.2, 0) is 17.8 Å². The standard InChI is InChI=1S/C16H27N3O2/c1-3-8-18-9-5-14(13-18)12-17-15-6-10-19(11-7-15)16(20)21-4-2/h5,9,13,15,17H,3-4,6-8,10-12H2,1-2H3. The molecular weight excluding hydrogens is 266 g/mol. The first-order valence-electron chi connectivity index (χ1n) is 8.02. The first-order chi connectivity index (χ1) is 10.2. The smallest absolute Gasteiger partial charge is 0.409 e. The van der Waals surface area contributed by atoms with Gasteiger partial charge in [0.15, 0.2) is 0 Å². The molecule has 1 fully saturated rings. The second kappa shape index (κ2) is 8.08. The first-order valence-corrected chi connectivity index (χ1v) is 8.02. The number of hydrogen-bond donors (Lipinski definition) is 1. The van der Waals surface area contributed by atoms with Gasteiger partial charge in [-0.3, -0.25) is 0 Å². The maximum atomic E-state index is 11.6. The van der Waals surface area contributed by atoms with E-state index in [0.29, 0.717) is 12.6 Å². The summed E-state index contributed by atoms with van der Waals surface area (Å²) in [4.78, 5) is 13.4. The Hall–Kier alpha value is -1.49. The molecule has 0 unspecified atom stereocenters. The highest BCUT2D eigenvalue weighted by Crippen LogP contribution is 2.12. The summed E-state index contributed by atoms with van der Waals surface area (Å²) in [5, 5.41) is 3.59. The fraction of sp³-hybridized carbons (Fsp3) is 0.688. The molecule has 0 spiro atoms. The van der Waals surface area contributed by atoms with Gasteiger partial charge in [0.2, 0.25) is 0 Å². The maximum absolute atomic E-state index is 11.6. The van der Waals surface area contributed by atoms with Crippen molar-refractivity contribution >= 4 is 6.09 Å². The predicted molar refractivity (Wildman–Crippen MR) is 83.2 cm³/mol. The van der Waals surface area contributed by atoms with Crippen molar-refractivity contribution in [1.82, 2.24) is 14.8 Å². The monoisotopic (exact) mass is 293 g/mol. The van der Waals surface area contributed by atoms with Crippen LogP contribution in [0.5, 0.6) is 0 Å². The van der Waals surface area contributed by atoms with Gasteiger partial charge in [-0.05, 0) is 37.8 Å². The van der Waals surface area contributed by atoms with Gasteiger partial charge < -0.3 is 19.5 Å². The van der Waals surface area contributed by atoms with Gasteiger partial charge in [-0.15, -0.1) is 0 Å². The highest BCUT2D eigenvalue weighted by atomic mass is 16.6. The Morgan fingerprint density at radius 3 is 2.81 bits per heavy atom. The van der Waals surface area contributed by atoms with Gasteiger partial charge in [0, 0.05) is 44.6 Å². The molecule has 1 aromatic heterocycles. The fourth-order valence-corrected chi connectivity index (χ4v) is 2.74. The lowest BCUT2D eigenvalue weighted by atomic mass is 10.1. The largest absolute Gasteiger partial charge is 0.450 e. The van der Waals surface area contributed by atoms with E-state index in [1.54, 1.807) is 4.90 Å². The molecule has 2 rings (SSSR count). The van der Waals surface area contributed by atoms with Crippen molar-refractivity contribution in [1.29, 1.82) is 0 Å². The topological polar surface area (TPSA) is 46.5 Å². The van der Waals surface area contributed by atoms with E-state index in [-0.39, 0.29) is 6.09 Å². The Morgan fingerprint density at radius 1 is 1.38 bits per heavy atom. The molecule has 0 radical (unpaired) electrons. The highest BCUT2D eigenvalue weighted by molar-refractivity contribution is 5.67. The van der Waals surface area contributed by atoms with Crippen molar-refractivity contribution in [3.05, 3.63) is 24.0 Å². The third kappa shape index (κ3) is 4.77. The summed E-state index contributed by atoms with van der Waals surface area (Å²) in [5.41, 5.74) is 1.33. The average molecular weight is 293 g/mol. The molecule has 1 amide bonds. The van der Waals surface area contributed by atoms with Gasteiger partial charge in [-0.2, -0.15) is 0 Å². The number of carbonyl (C=O) groups is 1. The van der Waals surface area contributed by atoms with Crippen LogP contribution in [0.1, 0.15) is 38.7 Å². The van der Waals surface area contributed by atoms with E-state index in [1.807, 2.05) is 6.92 Å². The summed E-state index contributed by atoms with van der Waals surface area (Å²) in [7, 11) is 0. The van der Waals surface area contributed by atoms with Crippen LogP contribution in [0.25, 0.3) is 0 Å². The zero-order valence-electron chi connectivity index (χ0n) is 13.2. The zero-order chi connectivity index (χ0) is 15.1. The fourth-order valence-electron chi connectivity index (χ4n) is 2.74. The summed E-state index contributed by atoms with van der Waals surface area (Å²) < 4.78 is 7.27. The Kier molecular flexibility index (Phi) is 6.11. The molecular formula is C16H27N3O2. The number of carbonyl (C=O) groups excluding carboxylic acids is 1. The second-order valence-electron chi connectivity index (χ2n) is 5.60. The third-order valence-corrected chi connectivity index (χ3v) is 3.91. The van der Waals surface area contributed by atoms with Gasteiger partial charge in [-0.25, -0.2) is 4.79 Å². The van der Waals surface area contributed by atoms with Gasteiger partial charge in [0.25, 0.3) is 0 Å². The molecule has 21 heavy (non-hydrogen) atoms. The molecule has 118 valence electrons. The Labute approximate surface area is 127 Å². The molecule has 2 heterocycles. The van der Waals surface area contributed by atoms with Crippen LogP contribution in [0.3, 0.4) is 0 Å². The van der Waals surface area contributed by atoms with Crippen LogP contribution in [0.15, 0.2) is 18.5 Å². The minimum atomic E-state index is -0.174. The van der Waals surface area contributed by atoms with Crippen molar-refractivity contribution in [3.8, 4) is 0 Å².